The molecule has 166 valence electrons. The number of thioether (sulfide) groups is 1. The minimum atomic E-state index is -1.18. The van der Waals surface area contributed by atoms with E-state index in [2.05, 4.69) is 16.0 Å². The van der Waals surface area contributed by atoms with E-state index < -0.39 is 47.9 Å². The highest BCUT2D eigenvalue weighted by Gasteiger charge is 2.27. The van der Waals surface area contributed by atoms with Gasteiger partial charge in [-0.15, -0.1) is 0 Å². The molecule has 9 nitrogen and oxygen atoms in total. The Morgan fingerprint density at radius 1 is 0.967 bits per heavy atom. The van der Waals surface area contributed by atoms with Crippen LogP contribution in [0.1, 0.15) is 25.8 Å². The van der Waals surface area contributed by atoms with E-state index in [4.69, 9.17) is 10.8 Å². The number of carboxylic acids is 1. The van der Waals surface area contributed by atoms with Crippen molar-refractivity contribution in [1.82, 2.24) is 16.0 Å². The summed E-state index contributed by atoms with van der Waals surface area (Å²) in [6.45, 7) is 2.76. The standard InChI is InChI=1S/C20H30N4O5S/c1-12(17(25)23-13(2)20(28)29)22-19(27)16(11-14-7-5-4-6-8-14)24-18(26)15(21)9-10-30-3/h4-8,12-13,15-16H,9-11,21H2,1-3H3,(H,22,27)(H,23,25)(H,24,26)(H,28,29). The SMILES string of the molecule is CSCCC(N)C(=O)NC(Cc1ccccc1)C(=O)NC(C)C(=O)NC(C)C(=O)O. The van der Waals surface area contributed by atoms with E-state index in [1.54, 1.807) is 11.8 Å². The van der Waals surface area contributed by atoms with Gasteiger partial charge in [0.05, 0.1) is 6.04 Å². The van der Waals surface area contributed by atoms with Crippen LogP contribution in [0, 0.1) is 0 Å². The average Bonchev–Trinajstić information content (AvgIpc) is 2.71. The second kappa shape index (κ2) is 12.9. The highest BCUT2D eigenvalue weighted by atomic mass is 32.2. The molecule has 6 N–H and O–H groups in total. The first kappa shape index (κ1) is 25.4. The van der Waals surface area contributed by atoms with Crippen molar-refractivity contribution in [3.05, 3.63) is 35.9 Å². The van der Waals surface area contributed by atoms with Crippen molar-refractivity contribution < 1.29 is 24.3 Å². The number of nitrogens with one attached hydrogen (secondary N) is 3. The van der Waals surface area contributed by atoms with Crippen LogP contribution in [0.5, 0.6) is 0 Å². The zero-order chi connectivity index (χ0) is 22.7. The predicted molar refractivity (Wildman–Crippen MR) is 116 cm³/mol. The summed E-state index contributed by atoms with van der Waals surface area (Å²) in [6, 6.07) is 5.36. The fraction of sp³-hybridized carbons (Fsp3) is 0.500. The zero-order valence-corrected chi connectivity index (χ0v) is 18.2. The Balaban J connectivity index is 2.84. The number of aliphatic carboxylic acids is 1. The van der Waals surface area contributed by atoms with Gasteiger partial charge in [-0.2, -0.15) is 11.8 Å². The predicted octanol–water partition coefficient (Wildman–Crippen LogP) is -0.112. The van der Waals surface area contributed by atoms with Crippen LogP contribution >= 0.6 is 11.8 Å². The van der Waals surface area contributed by atoms with Crippen LogP contribution in [0.4, 0.5) is 0 Å². The van der Waals surface area contributed by atoms with Gasteiger partial charge in [0.25, 0.3) is 0 Å². The summed E-state index contributed by atoms with van der Waals surface area (Å²) >= 11 is 1.57. The van der Waals surface area contributed by atoms with Crippen LogP contribution < -0.4 is 21.7 Å². The van der Waals surface area contributed by atoms with E-state index in [1.807, 2.05) is 36.6 Å². The van der Waals surface area contributed by atoms with Gasteiger partial charge in [-0.25, -0.2) is 0 Å². The number of carbonyl (C=O) groups is 4. The summed E-state index contributed by atoms with van der Waals surface area (Å²) in [5, 5.41) is 16.4. The molecule has 4 atom stereocenters. The Bertz CT molecular complexity index is 731. The fourth-order valence-electron chi connectivity index (χ4n) is 2.49. The number of hydrogen-bond donors (Lipinski definition) is 5. The Kier molecular flexibility index (Phi) is 10.9. The molecule has 0 aliphatic rings. The van der Waals surface area contributed by atoms with Crippen molar-refractivity contribution >= 4 is 35.5 Å². The van der Waals surface area contributed by atoms with Crippen LogP contribution in [0.25, 0.3) is 0 Å². The summed E-state index contributed by atoms with van der Waals surface area (Å²) in [6.07, 6.45) is 2.60. The summed E-state index contributed by atoms with van der Waals surface area (Å²) < 4.78 is 0. The monoisotopic (exact) mass is 438 g/mol. The smallest absolute Gasteiger partial charge is 0.325 e. The minimum absolute atomic E-state index is 0.216. The first-order valence-corrected chi connectivity index (χ1v) is 11.0. The topological polar surface area (TPSA) is 151 Å². The van der Waals surface area contributed by atoms with Gasteiger partial charge < -0.3 is 26.8 Å². The van der Waals surface area contributed by atoms with E-state index in [1.165, 1.54) is 13.8 Å². The van der Waals surface area contributed by atoms with Gasteiger partial charge in [0.1, 0.15) is 18.1 Å². The van der Waals surface area contributed by atoms with Crippen molar-refractivity contribution in [3.63, 3.8) is 0 Å². The summed E-state index contributed by atoms with van der Waals surface area (Å²) in [5.41, 5.74) is 6.73. The summed E-state index contributed by atoms with van der Waals surface area (Å²) in [4.78, 5) is 48.2. The second-order valence-electron chi connectivity index (χ2n) is 6.94. The maximum absolute atomic E-state index is 12.8. The van der Waals surface area contributed by atoms with Crippen LogP contribution in [0.2, 0.25) is 0 Å². The molecule has 0 aromatic heterocycles. The molecule has 0 radical (unpaired) electrons. The van der Waals surface area contributed by atoms with Gasteiger partial charge in [0, 0.05) is 6.42 Å². The molecule has 1 aromatic carbocycles. The molecule has 3 amide bonds. The van der Waals surface area contributed by atoms with Gasteiger partial charge in [0.15, 0.2) is 0 Å². The first-order valence-electron chi connectivity index (χ1n) is 9.58. The molecule has 0 spiro atoms. The number of carboxylic acid groups (broad SMARTS) is 1. The Morgan fingerprint density at radius 3 is 2.13 bits per heavy atom. The molecule has 30 heavy (non-hydrogen) atoms. The van der Waals surface area contributed by atoms with E-state index in [-0.39, 0.29) is 6.42 Å². The van der Waals surface area contributed by atoms with Gasteiger partial charge in [-0.1, -0.05) is 30.3 Å². The number of rotatable bonds is 12. The van der Waals surface area contributed by atoms with E-state index >= 15 is 0 Å². The maximum atomic E-state index is 12.8. The lowest BCUT2D eigenvalue weighted by Crippen LogP contribution is -2.56. The Morgan fingerprint density at radius 2 is 1.57 bits per heavy atom. The van der Waals surface area contributed by atoms with E-state index in [0.29, 0.717) is 12.2 Å². The largest absolute Gasteiger partial charge is 0.480 e. The lowest BCUT2D eigenvalue weighted by Gasteiger charge is -2.23. The molecule has 0 saturated heterocycles. The number of hydrogen-bond acceptors (Lipinski definition) is 6. The number of nitrogens with two attached hydrogens (primary N) is 1. The van der Waals surface area contributed by atoms with Crippen molar-refractivity contribution in [2.24, 2.45) is 5.73 Å². The molecular formula is C20H30N4O5S. The first-order chi connectivity index (χ1) is 14.1. The van der Waals surface area contributed by atoms with Crippen LogP contribution in [-0.2, 0) is 25.6 Å². The third-order valence-corrected chi connectivity index (χ3v) is 5.01. The number of benzene rings is 1. The van der Waals surface area contributed by atoms with Gasteiger partial charge in [-0.05, 0) is 37.8 Å². The minimum Gasteiger partial charge on any atom is -0.480 e. The molecule has 4 unspecified atom stereocenters. The van der Waals surface area contributed by atoms with Gasteiger partial charge >= 0.3 is 5.97 Å². The lowest BCUT2D eigenvalue weighted by atomic mass is 10.0. The van der Waals surface area contributed by atoms with Crippen LogP contribution in [-0.4, -0.2) is 65.0 Å². The molecule has 1 aromatic rings. The molecule has 0 heterocycles. The molecule has 0 aliphatic heterocycles. The number of amides is 3. The molecule has 0 saturated carbocycles. The lowest BCUT2D eigenvalue weighted by molar-refractivity contribution is -0.141. The molecule has 0 fully saturated rings. The van der Waals surface area contributed by atoms with Gasteiger partial charge in [0.2, 0.25) is 17.7 Å². The van der Waals surface area contributed by atoms with Crippen molar-refractivity contribution in [3.8, 4) is 0 Å². The quantitative estimate of drug-likeness (QED) is 0.305. The highest BCUT2D eigenvalue weighted by molar-refractivity contribution is 7.98. The van der Waals surface area contributed by atoms with Crippen LogP contribution in [0.15, 0.2) is 30.3 Å². The fourth-order valence-corrected chi connectivity index (χ4v) is 2.98. The normalized spacial score (nSPS) is 14.7. The average molecular weight is 439 g/mol. The van der Waals surface area contributed by atoms with Crippen molar-refractivity contribution in [1.29, 1.82) is 0 Å². The third-order valence-electron chi connectivity index (χ3n) is 4.37. The molecule has 1 rings (SSSR count). The van der Waals surface area contributed by atoms with E-state index in [9.17, 15) is 19.2 Å². The summed E-state index contributed by atoms with van der Waals surface area (Å²) in [5.74, 6) is -2.12. The van der Waals surface area contributed by atoms with Crippen molar-refractivity contribution in [2.45, 2.75) is 50.9 Å². The number of carbonyl (C=O) groups excluding carboxylic acids is 3. The zero-order valence-electron chi connectivity index (χ0n) is 17.4. The third kappa shape index (κ3) is 8.83. The highest BCUT2D eigenvalue weighted by Crippen LogP contribution is 2.06. The van der Waals surface area contributed by atoms with Crippen LogP contribution in [0.3, 0.4) is 0 Å². The van der Waals surface area contributed by atoms with Gasteiger partial charge in [-0.3, -0.25) is 19.2 Å². The molecule has 0 aliphatic carbocycles. The summed E-state index contributed by atoms with van der Waals surface area (Å²) in [7, 11) is 0. The maximum Gasteiger partial charge on any atom is 0.325 e. The Hall–Kier alpha value is -2.59. The second-order valence-corrected chi connectivity index (χ2v) is 7.92. The van der Waals surface area contributed by atoms with E-state index in [0.717, 1.165) is 5.56 Å². The molecule has 10 heteroatoms. The molecule has 0 bridgehead atoms. The molecular weight excluding hydrogens is 408 g/mol. The Labute approximate surface area is 180 Å². The van der Waals surface area contributed by atoms with Crippen molar-refractivity contribution in [2.75, 3.05) is 12.0 Å².